The SMILES string of the molecule is SC1(S)N=c2ccccc2=N1. The maximum atomic E-state index is 4.15. The zero-order chi connectivity index (χ0) is 7.90. The summed E-state index contributed by atoms with van der Waals surface area (Å²) in [5.74, 6) is 0. The quantitative estimate of drug-likeness (QED) is 0.429. The molecule has 0 aromatic heterocycles. The lowest BCUT2D eigenvalue weighted by Crippen LogP contribution is -2.19. The molecule has 1 aromatic rings. The lowest BCUT2D eigenvalue weighted by atomic mass is 10.3. The highest BCUT2D eigenvalue weighted by Crippen LogP contribution is 2.22. The van der Waals surface area contributed by atoms with Gasteiger partial charge in [0.05, 0.1) is 10.7 Å². The molecule has 11 heavy (non-hydrogen) atoms. The molecule has 0 unspecified atom stereocenters. The summed E-state index contributed by atoms with van der Waals surface area (Å²) in [4.78, 5) is 8.29. The smallest absolute Gasteiger partial charge is 0.233 e. The summed E-state index contributed by atoms with van der Waals surface area (Å²) in [6.07, 6.45) is 0. The molecule has 0 fully saturated rings. The number of benzene rings is 1. The second-order valence-electron chi connectivity index (χ2n) is 2.31. The third-order valence-electron chi connectivity index (χ3n) is 1.42. The molecule has 0 saturated carbocycles. The molecular formula is C7H6N2S2. The van der Waals surface area contributed by atoms with E-state index in [2.05, 4.69) is 35.2 Å². The molecule has 0 atom stereocenters. The first-order chi connectivity index (χ1) is 5.17. The van der Waals surface area contributed by atoms with Crippen molar-refractivity contribution in [3.63, 3.8) is 0 Å². The minimum Gasteiger partial charge on any atom is -0.233 e. The lowest BCUT2D eigenvalue weighted by Gasteiger charge is -2.04. The normalized spacial score (nSPS) is 18.4. The average Bonchev–Trinajstić information content (AvgIpc) is 2.21. The van der Waals surface area contributed by atoms with Crippen LogP contribution >= 0.6 is 25.3 Å². The summed E-state index contributed by atoms with van der Waals surface area (Å²) in [5.41, 5.74) is 0. The lowest BCUT2D eigenvalue weighted by molar-refractivity contribution is 0.922. The molecule has 2 rings (SSSR count). The third kappa shape index (κ3) is 1.28. The molecule has 56 valence electrons. The predicted molar refractivity (Wildman–Crippen MR) is 49.5 cm³/mol. The Morgan fingerprint density at radius 2 is 1.45 bits per heavy atom. The summed E-state index contributed by atoms with van der Waals surface area (Å²) in [6, 6.07) is 7.63. The highest BCUT2D eigenvalue weighted by molar-refractivity contribution is 8.00. The Labute approximate surface area is 74.9 Å². The van der Waals surface area contributed by atoms with E-state index in [0.29, 0.717) is 0 Å². The van der Waals surface area contributed by atoms with E-state index >= 15 is 0 Å². The van der Waals surface area contributed by atoms with Crippen molar-refractivity contribution in [2.45, 2.75) is 4.33 Å². The van der Waals surface area contributed by atoms with Gasteiger partial charge in [0.2, 0.25) is 4.33 Å². The van der Waals surface area contributed by atoms with Gasteiger partial charge in [-0.2, -0.15) is 0 Å². The van der Waals surface area contributed by atoms with Crippen LogP contribution in [0.4, 0.5) is 0 Å². The van der Waals surface area contributed by atoms with E-state index in [-0.39, 0.29) is 0 Å². The molecule has 1 heterocycles. The number of hydrogen-bond acceptors (Lipinski definition) is 4. The summed E-state index contributed by atoms with van der Waals surface area (Å²) in [5, 5.41) is 1.72. The molecule has 0 bridgehead atoms. The number of fused-ring (bicyclic) bond motifs is 1. The van der Waals surface area contributed by atoms with Gasteiger partial charge in [0.25, 0.3) is 0 Å². The minimum atomic E-state index is -0.857. The van der Waals surface area contributed by atoms with Crippen molar-refractivity contribution in [1.29, 1.82) is 0 Å². The molecule has 1 aromatic carbocycles. The van der Waals surface area contributed by atoms with Crippen LogP contribution in [-0.2, 0) is 0 Å². The van der Waals surface area contributed by atoms with Gasteiger partial charge in [0, 0.05) is 0 Å². The molecule has 0 saturated heterocycles. The van der Waals surface area contributed by atoms with Crippen molar-refractivity contribution in [3.8, 4) is 0 Å². The van der Waals surface area contributed by atoms with Gasteiger partial charge in [-0.25, -0.2) is 9.98 Å². The summed E-state index contributed by atoms with van der Waals surface area (Å²) in [6.45, 7) is 0. The Morgan fingerprint density at radius 3 is 1.91 bits per heavy atom. The standard InChI is InChI=1S/C7H6N2S2/c10-7(11)8-5-3-1-2-4-6(5)9-7/h1-4,10-11H. The van der Waals surface area contributed by atoms with E-state index in [9.17, 15) is 0 Å². The first-order valence-electron chi connectivity index (χ1n) is 3.17. The average molecular weight is 182 g/mol. The van der Waals surface area contributed by atoms with E-state index in [1.807, 2.05) is 24.3 Å². The zero-order valence-electron chi connectivity index (χ0n) is 5.60. The van der Waals surface area contributed by atoms with Crippen LogP contribution in [-0.4, -0.2) is 4.33 Å². The first-order valence-corrected chi connectivity index (χ1v) is 4.06. The summed E-state index contributed by atoms with van der Waals surface area (Å²) < 4.78 is -0.857. The third-order valence-corrected chi connectivity index (χ3v) is 1.82. The topological polar surface area (TPSA) is 24.7 Å². The molecule has 0 radical (unpaired) electrons. The Balaban J connectivity index is 2.81. The maximum absolute atomic E-state index is 4.15. The van der Waals surface area contributed by atoms with Crippen molar-refractivity contribution in [2.75, 3.05) is 0 Å². The maximum Gasteiger partial charge on any atom is 0.241 e. The summed E-state index contributed by atoms with van der Waals surface area (Å²) in [7, 11) is 0. The molecule has 4 heteroatoms. The van der Waals surface area contributed by atoms with Gasteiger partial charge in [-0.1, -0.05) is 12.1 Å². The minimum absolute atomic E-state index is 0.857. The van der Waals surface area contributed by atoms with Crippen LogP contribution in [0.1, 0.15) is 0 Å². The number of hydrogen-bond donors (Lipinski definition) is 2. The van der Waals surface area contributed by atoms with Gasteiger partial charge in [-0.05, 0) is 12.1 Å². The number of para-hydroxylation sites is 2. The van der Waals surface area contributed by atoms with E-state index in [1.165, 1.54) is 0 Å². The summed E-state index contributed by atoms with van der Waals surface area (Å²) >= 11 is 8.25. The van der Waals surface area contributed by atoms with Crippen molar-refractivity contribution in [1.82, 2.24) is 0 Å². The van der Waals surface area contributed by atoms with Gasteiger partial charge < -0.3 is 0 Å². The van der Waals surface area contributed by atoms with E-state index < -0.39 is 4.33 Å². The van der Waals surface area contributed by atoms with Crippen LogP contribution in [0.15, 0.2) is 34.3 Å². The van der Waals surface area contributed by atoms with Crippen molar-refractivity contribution in [2.24, 2.45) is 9.98 Å². The molecule has 0 aliphatic carbocycles. The van der Waals surface area contributed by atoms with E-state index in [1.54, 1.807) is 0 Å². The van der Waals surface area contributed by atoms with Gasteiger partial charge >= 0.3 is 0 Å². The first kappa shape index (κ1) is 7.18. The van der Waals surface area contributed by atoms with Crippen LogP contribution in [0.5, 0.6) is 0 Å². The van der Waals surface area contributed by atoms with Gasteiger partial charge in [0.1, 0.15) is 0 Å². The van der Waals surface area contributed by atoms with Crippen LogP contribution in [0.2, 0.25) is 0 Å². The second-order valence-corrected chi connectivity index (χ2v) is 3.91. The Morgan fingerprint density at radius 1 is 1.00 bits per heavy atom. The van der Waals surface area contributed by atoms with Crippen LogP contribution < -0.4 is 10.7 Å². The van der Waals surface area contributed by atoms with E-state index in [0.717, 1.165) is 10.7 Å². The van der Waals surface area contributed by atoms with Gasteiger partial charge in [0.15, 0.2) is 0 Å². The fourth-order valence-electron chi connectivity index (χ4n) is 1.00. The molecule has 0 amide bonds. The highest BCUT2D eigenvalue weighted by atomic mass is 32.2. The highest BCUT2D eigenvalue weighted by Gasteiger charge is 2.19. The monoisotopic (exact) mass is 182 g/mol. The number of thiol groups is 2. The molecule has 0 spiro atoms. The fourth-order valence-corrected chi connectivity index (χ4v) is 1.43. The Hall–Kier alpha value is -0.480. The Kier molecular flexibility index (Phi) is 1.47. The van der Waals surface area contributed by atoms with Crippen molar-refractivity contribution < 1.29 is 0 Å². The second kappa shape index (κ2) is 2.25. The molecule has 2 nitrogen and oxygen atoms in total. The fraction of sp³-hybridized carbons (Fsp3) is 0.143. The van der Waals surface area contributed by atoms with E-state index in [4.69, 9.17) is 0 Å². The Bertz CT molecular complexity index is 360. The van der Waals surface area contributed by atoms with Crippen molar-refractivity contribution in [3.05, 3.63) is 35.0 Å². The van der Waals surface area contributed by atoms with Gasteiger partial charge in [-0.3, -0.25) is 0 Å². The molecule has 1 aliphatic heterocycles. The van der Waals surface area contributed by atoms with Crippen LogP contribution in [0.25, 0.3) is 0 Å². The largest absolute Gasteiger partial charge is 0.241 e. The van der Waals surface area contributed by atoms with Crippen LogP contribution in [0.3, 0.4) is 0 Å². The predicted octanol–water partition coefficient (Wildman–Crippen LogP) is 0.410. The van der Waals surface area contributed by atoms with Crippen molar-refractivity contribution >= 4 is 25.3 Å². The molecular weight excluding hydrogens is 176 g/mol. The number of nitrogens with zero attached hydrogens (tertiary/aromatic N) is 2. The molecule has 0 N–H and O–H groups in total. The van der Waals surface area contributed by atoms with Crippen LogP contribution in [0, 0.1) is 0 Å². The number of rotatable bonds is 0. The van der Waals surface area contributed by atoms with Gasteiger partial charge in [-0.15, -0.1) is 25.3 Å². The molecule has 1 aliphatic rings. The zero-order valence-corrected chi connectivity index (χ0v) is 7.39.